The summed E-state index contributed by atoms with van der Waals surface area (Å²) in [6.07, 6.45) is 3.42. The average molecular weight is 231 g/mol. The van der Waals surface area contributed by atoms with Crippen LogP contribution in [-0.4, -0.2) is 9.97 Å². The number of nitrogens with zero attached hydrogens (tertiary/aromatic N) is 2. The maximum absolute atomic E-state index is 5.69. The summed E-state index contributed by atoms with van der Waals surface area (Å²) in [4.78, 5) is 8.93. The van der Waals surface area contributed by atoms with E-state index in [9.17, 15) is 0 Å². The van der Waals surface area contributed by atoms with Gasteiger partial charge in [0.15, 0.2) is 5.76 Å². The number of hydrogen-bond donors (Lipinski definition) is 1. The Bertz CT molecular complexity index is 498. The molecule has 4 heteroatoms. The second-order valence-electron chi connectivity index (χ2n) is 5.00. The summed E-state index contributed by atoms with van der Waals surface area (Å²) >= 11 is 0. The first-order valence-corrected chi connectivity index (χ1v) is 5.62. The number of nitrogens with two attached hydrogens (primary N) is 1. The van der Waals surface area contributed by atoms with E-state index in [0.29, 0.717) is 6.54 Å². The molecule has 0 radical (unpaired) electrons. The van der Waals surface area contributed by atoms with E-state index >= 15 is 0 Å². The van der Waals surface area contributed by atoms with E-state index in [2.05, 4.69) is 30.7 Å². The maximum Gasteiger partial charge on any atom is 0.152 e. The van der Waals surface area contributed by atoms with Gasteiger partial charge in [-0.3, -0.25) is 0 Å². The van der Waals surface area contributed by atoms with Gasteiger partial charge in [-0.05, 0) is 12.1 Å². The molecule has 0 saturated carbocycles. The van der Waals surface area contributed by atoms with Gasteiger partial charge in [0.25, 0.3) is 0 Å². The van der Waals surface area contributed by atoms with E-state index < -0.39 is 0 Å². The van der Waals surface area contributed by atoms with Crippen LogP contribution in [0.15, 0.2) is 29.0 Å². The SMILES string of the molecule is CC(C)(C)c1ncc(CN)c(-c2ccco2)n1. The molecule has 2 heterocycles. The fraction of sp³-hybridized carbons (Fsp3) is 0.385. The summed E-state index contributed by atoms with van der Waals surface area (Å²) in [5.74, 6) is 1.53. The molecule has 0 aliphatic heterocycles. The molecule has 17 heavy (non-hydrogen) atoms. The molecule has 2 N–H and O–H groups in total. The minimum Gasteiger partial charge on any atom is -0.463 e. The fourth-order valence-electron chi connectivity index (χ4n) is 1.54. The van der Waals surface area contributed by atoms with Crippen molar-refractivity contribution in [1.82, 2.24) is 9.97 Å². The smallest absolute Gasteiger partial charge is 0.152 e. The van der Waals surface area contributed by atoms with Gasteiger partial charge in [-0.25, -0.2) is 9.97 Å². The Morgan fingerprint density at radius 2 is 2.12 bits per heavy atom. The van der Waals surface area contributed by atoms with Gasteiger partial charge >= 0.3 is 0 Å². The largest absolute Gasteiger partial charge is 0.463 e. The molecule has 0 unspecified atom stereocenters. The molecular formula is C13H17N3O. The highest BCUT2D eigenvalue weighted by Crippen LogP contribution is 2.25. The van der Waals surface area contributed by atoms with Crippen LogP contribution in [0.1, 0.15) is 32.2 Å². The summed E-state index contributed by atoms with van der Waals surface area (Å²) in [5, 5.41) is 0. The number of furan rings is 1. The monoisotopic (exact) mass is 231 g/mol. The van der Waals surface area contributed by atoms with Gasteiger partial charge < -0.3 is 10.2 Å². The Balaban J connectivity index is 2.55. The summed E-state index contributed by atoms with van der Waals surface area (Å²) in [5.41, 5.74) is 7.29. The fourth-order valence-corrected chi connectivity index (χ4v) is 1.54. The number of hydrogen-bond acceptors (Lipinski definition) is 4. The first kappa shape index (κ1) is 11.8. The topological polar surface area (TPSA) is 64.9 Å². The molecule has 90 valence electrons. The summed E-state index contributed by atoms with van der Waals surface area (Å²) in [6.45, 7) is 6.64. The lowest BCUT2D eigenvalue weighted by atomic mass is 9.95. The van der Waals surface area contributed by atoms with Gasteiger partial charge in [-0.15, -0.1) is 0 Å². The molecule has 0 spiro atoms. The van der Waals surface area contributed by atoms with E-state index in [1.165, 1.54) is 0 Å². The van der Waals surface area contributed by atoms with Crippen LogP contribution in [0.25, 0.3) is 11.5 Å². The van der Waals surface area contributed by atoms with Crippen LogP contribution in [-0.2, 0) is 12.0 Å². The molecule has 2 aromatic heterocycles. The minimum absolute atomic E-state index is 0.0888. The van der Waals surface area contributed by atoms with E-state index in [4.69, 9.17) is 10.2 Å². The quantitative estimate of drug-likeness (QED) is 0.862. The average Bonchev–Trinajstić information content (AvgIpc) is 2.80. The Labute approximate surface area is 101 Å². The van der Waals surface area contributed by atoms with Crippen molar-refractivity contribution in [3.63, 3.8) is 0 Å². The molecule has 0 fully saturated rings. The van der Waals surface area contributed by atoms with Crippen LogP contribution in [0.2, 0.25) is 0 Å². The van der Waals surface area contributed by atoms with Crippen molar-refractivity contribution in [2.75, 3.05) is 0 Å². The third-order valence-corrected chi connectivity index (χ3v) is 2.51. The van der Waals surface area contributed by atoms with Crippen molar-refractivity contribution >= 4 is 0 Å². The third-order valence-electron chi connectivity index (χ3n) is 2.51. The van der Waals surface area contributed by atoms with Gasteiger partial charge in [0, 0.05) is 23.7 Å². The predicted molar refractivity (Wildman–Crippen MR) is 66.3 cm³/mol. The van der Waals surface area contributed by atoms with Gasteiger partial charge in [0.05, 0.1) is 6.26 Å². The van der Waals surface area contributed by atoms with Crippen molar-refractivity contribution in [3.8, 4) is 11.5 Å². The van der Waals surface area contributed by atoms with E-state index in [1.807, 2.05) is 12.1 Å². The first-order chi connectivity index (χ1) is 8.02. The number of aromatic nitrogens is 2. The lowest BCUT2D eigenvalue weighted by Crippen LogP contribution is -2.17. The van der Waals surface area contributed by atoms with Crippen LogP contribution in [0.5, 0.6) is 0 Å². The van der Waals surface area contributed by atoms with Crippen molar-refractivity contribution in [2.45, 2.75) is 32.7 Å². The van der Waals surface area contributed by atoms with Gasteiger partial charge in [0.1, 0.15) is 11.5 Å². The van der Waals surface area contributed by atoms with Crippen molar-refractivity contribution in [3.05, 3.63) is 36.0 Å². The van der Waals surface area contributed by atoms with Crippen LogP contribution < -0.4 is 5.73 Å². The standard InChI is InChI=1S/C13H17N3O/c1-13(2,3)12-15-8-9(7-14)11(16-12)10-5-4-6-17-10/h4-6,8H,7,14H2,1-3H3. The van der Waals surface area contributed by atoms with Crippen molar-refractivity contribution < 1.29 is 4.42 Å². The highest BCUT2D eigenvalue weighted by molar-refractivity contribution is 5.56. The third kappa shape index (κ3) is 2.36. The van der Waals surface area contributed by atoms with Gasteiger partial charge in [0.2, 0.25) is 0 Å². The Morgan fingerprint density at radius 3 is 2.65 bits per heavy atom. The van der Waals surface area contributed by atoms with Crippen molar-refractivity contribution in [1.29, 1.82) is 0 Å². The summed E-state index contributed by atoms with van der Waals surface area (Å²) in [7, 11) is 0. The second kappa shape index (κ2) is 4.30. The molecule has 2 aromatic rings. The zero-order chi connectivity index (χ0) is 12.5. The van der Waals surface area contributed by atoms with Gasteiger partial charge in [-0.1, -0.05) is 20.8 Å². The van der Waals surface area contributed by atoms with Crippen LogP contribution in [0.3, 0.4) is 0 Å². The van der Waals surface area contributed by atoms with E-state index in [1.54, 1.807) is 12.5 Å². The lowest BCUT2D eigenvalue weighted by Gasteiger charge is -2.17. The molecule has 2 rings (SSSR count). The van der Waals surface area contributed by atoms with Crippen LogP contribution in [0, 0.1) is 0 Å². The van der Waals surface area contributed by atoms with Crippen LogP contribution >= 0.6 is 0 Å². The first-order valence-electron chi connectivity index (χ1n) is 5.62. The minimum atomic E-state index is -0.0888. The molecule has 0 bridgehead atoms. The Morgan fingerprint density at radius 1 is 1.35 bits per heavy atom. The molecular weight excluding hydrogens is 214 g/mol. The molecule has 0 saturated heterocycles. The van der Waals surface area contributed by atoms with E-state index in [-0.39, 0.29) is 5.41 Å². The molecule has 0 aliphatic carbocycles. The second-order valence-corrected chi connectivity index (χ2v) is 5.00. The molecule has 0 aliphatic rings. The normalized spacial score (nSPS) is 11.8. The Hall–Kier alpha value is -1.68. The van der Waals surface area contributed by atoms with Crippen molar-refractivity contribution in [2.24, 2.45) is 5.73 Å². The predicted octanol–water partition coefficient (Wildman–Crippen LogP) is 2.49. The summed E-state index contributed by atoms with van der Waals surface area (Å²) < 4.78 is 5.38. The Kier molecular flexibility index (Phi) is 2.98. The zero-order valence-electron chi connectivity index (χ0n) is 10.4. The number of rotatable bonds is 2. The molecule has 0 aromatic carbocycles. The molecule has 0 atom stereocenters. The van der Waals surface area contributed by atoms with Crippen LogP contribution in [0.4, 0.5) is 0 Å². The molecule has 0 amide bonds. The van der Waals surface area contributed by atoms with E-state index in [0.717, 1.165) is 22.8 Å². The zero-order valence-corrected chi connectivity index (χ0v) is 10.4. The summed E-state index contributed by atoms with van der Waals surface area (Å²) in [6, 6.07) is 3.72. The highest BCUT2D eigenvalue weighted by atomic mass is 16.3. The lowest BCUT2D eigenvalue weighted by molar-refractivity contribution is 0.539. The molecule has 4 nitrogen and oxygen atoms in total. The highest BCUT2D eigenvalue weighted by Gasteiger charge is 2.20. The van der Waals surface area contributed by atoms with Gasteiger partial charge in [-0.2, -0.15) is 0 Å². The maximum atomic E-state index is 5.69.